The Kier molecular flexibility index (Phi) is 9.81. The van der Waals surface area contributed by atoms with Crippen LogP contribution in [0.5, 0.6) is 0 Å². The molecule has 4 aromatic carbocycles. The molecule has 0 saturated carbocycles. The van der Waals surface area contributed by atoms with Gasteiger partial charge in [0, 0.05) is 13.5 Å². The summed E-state index contributed by atoms with van der Waals surface area (Å²) in [6, 6.07) is 28.4. The van der Waals surface area contributed by atoms with E-state index in [9.17, 15) is 14.2 Å². The van der Waals surface area contributed by atoms with Gasteiger partial charge < -0.3 is 0 Å². The third kappa shape index (κ3) is 6.95. The summed E-state index contributed by atoms with van der Waals surface area (Å²) in [4.78, 5) is 24.8. The molecule has 4 aromatic rings. The fourth-order valence-electron chi connectivity index (χ4n) is 4.76. The molecule has 0 N–H and O–H groups in total. The van der Waals surface area contributed by atoms with E-state index in [-0.39, 0.29) is 11.0 Å². The molecule has 4 rings (SSSR count). The molecule has 0 radical (unpaired) electrons. The van der Waals surface area contributed by atoms with Crippen LogP contribution in [0.25, 0.3) is 0 Å². The summed E-state index contributed by atoms with van der Waals surface area (Å²) in [6.07, 6.45) is 0. The molecule has 0 fully saturated rings. The van der Waals surface area contributed by atoms with E-state index in [2.05, 4.69) is 43.3 Å². The lowest BCUT2D eigenvalue weighted by Gasteiger charge is -2.20. The lowest BCUT2D eigenvalue weighted by atomic mass is 10.0. The van der Waals surface area contributed by atoms with Crippen LogP contribution in [0.4, 0.5) is 0 Å². The van der Waals surface area contributed by atoms with Crippen molar-refractivity contribution in [2.75, 3.05) is 0 Å². The fourth-order valence-corrected chi connectivity index (χ4v) is 7.54. The number of rotatable bonds is 6. The maximum absolute atomic E-state index is 13.5. The Hall–Kier alpha value is -3.25. The Morgan fingerprint density at radius 3 is 1.27 bits per heavy atom. The number of hydrogen-bond donors (Lipinski definition) is 0. The molecule has 0 amide bonds. The van der Waals surface area contributed by atoms with Crippen molar-refractivity contribution in [3.63, 3.8) is 0 Å². The molecule has 5 heteroatoms. The second kappa shape index (κ2) is 12.8. The molecule has 0 aliphatic rings. The number of carbonyl (C=O) groups is 2. The van der Waals surface area contributed by atoms with Crippen molar-refractivity contribution in [2.45, 2.75) is 41.5 Å². The average Bonchev–Trinajstić information content (AvgIpc) is 2.84. The number of carbonyl (C=O) groups excluding carboxylic acids is 2. The van der Waals surface area contributed by atoms with Crippen LogP contribution in [0.15, 0.2) is 84.9 Å². The van der Waals surface area contributed by atoms with Gasteiger partial charge in [-0.25, -0.2) is 4.79 Å². The normalized spacial score (nSPS) is 10.7. The highest BCUT2D eigenvalue weighted by atomic mass is 31.1. The summed E-state index contributed by atoms with van der Waals surface area (Å²) in [5, 5.41) is 2.20. The maximum Gasteiger partial charge on any atom is 0.406 e. The molecule has 1 unspecified atom stereocenters. The molecular formula is C32H33O3P2+. The van der Waals surface area contributed by atoms with Crippen LogP contribution in [0, 0.1) is 41.5 Å². The zero-order chi connectivity index (χ0) is 27.1. The van der Waals surface area contributed by atoms with Gasteiger partial charge in [-0.3, -0.25) is 4.79 Å². The molecule has 0 bridgehead atoms. The van der Waals surface area contributed by atoms with Crippen LogP contribution in [0.1, 0.15) is 54.1 Å². The number of aryl methyl sites for hydroxylation is 6. The van der Waals surface area contributed by atoms with Crippen LogP contribution in [-0.2, 0) is 4.57 Å². The highest BCUT2D eigenvalue weighted by molar-refractivity contribution is 7.88. The van der Waals surface area contributed by atoms with Crippen LogP contribution in [0.2, 0.25) is 0 Å². The first kappa shape index (κ1) is 28.3. The van der Waals surface area contributed by atoms with Crippen molar-refractivity contribution in [1.82, 2.24) is 0 Å². The highest BCUT2D eigenvalue weighted by Crippen LogP contribution is 2.39. The van der Waals surface area contributed by atoms with Gasteiger partial charge in [-0.2, -0.15) is 0 Å². The highest BCUT2D eigenvalue weighted by Gasteiger charge is 2.26. The van der Waals surface area contributed by atoms with Crippen molar-refractivity contribution < 1.29 is 14.2 Å². The van der Waals surface area contributed by atoms with Crippen LogP contribution >= 0.6 is 16.4 Å². The minimum absolute atomic E-state index is 0.234. The lowest BCUT2D eigenvalue weighted by molar-refractivity contribution is 0.107. The van der Waals surface area contributed by atoms with Crippen molar-refractivity contribution in [2.24, 2.45) is 0 Å². The standard InChI is InChI=1S/C22H21OP.C10H11O2P/c1-16-14-17(2)21(18(3)15-16)22(23)24(19-10-6-4-7-11-19)20-12-8-5-9-13-20;1-6-4-7(2)9(8(3)5-6)10(11)13-12/h4-15H,1-3H3;4-5H,1-3H3/p+1. The van der Waals surface area contributed by atoms with E-state index in [1.165, 1.54) is 5.56 Å². The smallest absolute Gasteiger partial charge is 0.288 e. The Bertz CT molecular complexity index is 1340. The van der Waals surface area contributed by atoms with E-state index in [0.717, 1.165) is 44.0 Å². The van der Waals surface area contributed by atoms with E-state index in [0.29, 0.717) is 5.56 Å². The number of benzene rings is 4. The molecule has 3 nitrogen and oxygen atoms in total. The van der Waals surface area contributed by atoms with Crippen molar-refractivity contribution in [1.29, 1.82) is 0 Å². The Labute approximate surface area is 222 Å². The van der Waals surface area contributed by atoms with Gasteiger partial charge in [-0.05, 0) is 74.4 Å². The summed E-state index contributed by atoms with van der Waals surface area (Å²) < 4.78 is 10.5. The van der Waals surface area contributed by atoms with Crippen molar-refractivity contribution >= 4 is 38.0 Å². The Morgan fingerprint density at radius 1 is 0.568 bits per heavy atom. The third-order valence-electron chi connectivity index (χ3n) is 6.12. The first-order valence-corrected chi connectivity index (χ1v) is 14.4. The fraction of sp³-hybridized carbons (Fsp3) is 0.188. The lowest BCUT2D eigenvalue weighted by Crippen LogP contribution is -2.19. The quantitative estimate of drug-likeness (QED) is 0.242. The maximum atomic E-state index is 13.5. The molecule has 0 heterocycles. The van der Waals surface area contributed by atoms with E-state index in [1.807, 2.05) is 83.1 Å². The molecule has 0 saturated heterocycles. The number of hydrogen-bond acceptors (Lipinski definition) is 3. The molecular weight excluding hydrogens is 494 g/mol. The summed E-state index contributed by atoms with van der Waals surface area (Å²) in [6.45, 7) is 11.9. The van der Waals surface area contributed by atoms with Gasteiger partial charge in [-0.1, -0.05) is 101 Å². The molecule has 37 heavy (non-hydrogen) atoms. The van der Waals surface area contributed by atoms with Gasteiger partial charge in [-0.15, -0.1) is 0 Å². The third-order valence-corrected chi connectivity index (χ3v) is 8.81. The van der Waals surface area contributed by atoms with E-state index in [4.69, 9.17) is 0 Å². The predicted octanol–water partition coefficient (Wildman–Crippen LogP) is 7.66. The van der Waals surface area contributed by atoms with Gasteiger partial charge in [0.2, 0.25) is 0 Å². The van der Waals surface area contributed by atoms with E-state index >= 15 is 0 Å². The monoisotopic (exact) mass is 527 g/mol. The topological polar surface area (TPSA) is 51.2 Å². The predicted molar refractivity (Wildman–Crippen MR) is 158 cm³/mol. The van der Waals surface area contributed by atoms with Gasteiger partial charge in [0.25, 0.3) is 0 Å². The van der Waals surface area contributed by atoms with Gasteiger partial charge in [0.1, 0.15) is 0 Å². The van der Waals surface area contributed by atoms with Gasteiger partial charge in [0.05, 0.1) is 5.56 Å². The molecule has 1 atom stereocenters. The van der Waals surface area contributed by atoms with Gasteiger partial charge in [0.15, 0.2) is 5.52 Å². The summed E-state index contributed by atoms with van der Waals surface area (Å²) in [7, 11) is -1.96. The Morgan fingerprint density at radius 2 is 0.919 bits per heavy atom. The summed E-state index contributed by atoms with van der Waals surface area (Å²) >= 11 is 0. The Balaban J connectivity index is 0.000000248. The molecule has 0 aliphatic carbocycles. The van der Waals surface area contributed by atoms with Crippen molar-refractivity contribution in [3.05, 3.63) is 129 Å². The van der Waals surface area contributed by atoms with Crippen molar-refractivity contribution in [3.8, 4) is 0 Å². The average molecular weight is 528 g/mol. The van der Waals surface area contributed by atoms with Crippen LogP contribution < -0.4 is 10.6 Å². The first-order valence-electron chi connectivity index (χ1n) is 12.2. The van der Waals surface area contributed by atoms with Gasteiger partial charge >= 0.3 is 14.0 Å². The molecule has 0 aliphatic heterocycles. The molecule has 0 aromatic heterocycles. The zero-order valence-corrected chi connectivity index (χ0v) is 24.1. The zero-order valence-electron chi connectivity index (χ0n) is 22.3. The molecule has 188 valence electrons. The van der Waals surface area contributed by atoms with Crippen LogP contribution in [0.3, 0.4) is 0 Å². The largest absolute Gasteiger partial charge is 0.406 e. The van der Waals surface area contributed by atoms with E-state index in [1.54, 1.807) is 0 Å². The van der Waals surface area contributed by atoms with E-state index < -0.39 is 16.4 Å². The second-order valence-electron chi connectivity index (χ2n) is 9.29. The summed E-state index contributed by atoms with van der Waals surface area (Å²) in [5.74, 6) is 0. The first-order chi connectivity index (χ1) is 17.6. The minimum Gasteiger partial charge on any atom is -0.288 e. The minimum atomic E-state index is -1.07. The SMILES string of the molecule is Cc1cc(C)c(C(=O)P(c2ccccc2)c2ccccc2)c(C)c1.Cc1cc(C)c(C(=O)[PH+]=O)c(C)c1. The molecule has 0 spiro atoms. The van der Waals surface area contributed by atoms with Crippen LogP contribution in [-0.4, -0.2) is 11.0 Å². The second-order valence-corrected chi connectivity index (χ2v) is 12.1. The summed E-state index contributed by atoms with van der Waals surface area (Å²) in [5.41, 5.74) is 7.71.